The predicted molar refractivity (Wildman–Crippen MR) is 97.0 cm³/mol. The van der Waals surface area contributed by atoms with E-state index in [0.29, 0.717) is 39.6 Å². The summed E-state index contributed by atoms with van der Waals surface area (Å²) in [5, 5.41) is 2.66. The zero-order valence-corrected chi connectivity index (χ0v) is 15.4. The number of thiophene rings is 1. The lowest BCUT2D eigenvalue weighted by atomic mass is 10.2. The predicted octanol–water partition coefficient (Wildman–Crippen LogP) is 3.99. The van der Waals surface area contributed by atoms with Gasteiger partial charge in [-0.2, -0.15) is 0 Å². The van der Waals surface area contributed by atoms with Crippen molar-refractivity contribution >= 4 is 40.5 Å². The molecule has 0 aliphatic heterocycles. The van der Waals surface area contributed by atoms with Crippen LogP contribution in [0.5, 0.6) is 11.5 Å². The summed E-state index contributed by atoms with van der Waals surface area (Å²) in [6.07, 6.45) is 0. The zero-order valence-electron chi connectivity index (χ0n) is 13.8. The molecule has 8 heteroatoms. The van der Waals surface area contributed by atoms with E-state index in [0.717, 1.165) is 11.3 Å². The maximum Gasteiger partial charge on any atom is 0.348 e. The van der Waals surface area contributed by atoms with E-state index in [4.69, 9.17) is 25.8 Å². The van der Waals surface area contributed by atoms with Crippen molar-refractivity contribution in [2.75, 3.05) is 25.1 Å². The number of ether oxygens (including phenoxy) is 3. The van der Waals surface area contributed by atoms with Crippen LogP contribution in [-0.4, -0.2) is 31.7 Å². The van der Waals surface area contributed by atoms with Crippen LogP contribution in [0.3, 0.4) is 0 Å². The van der Waals surface area contributed by atoms with Gasteiger partial charge in [0, 0.05) is 6.07 Å². The summed E-state index contributed by atoms with van der Waals surface area (Å²) in [6, 6.07) is 8.27. The molecule has 0 aliphatic rings. The van der Waals surface area contributed by atoms with Gasteiger partial charge in [0.2, 0.25) is 0 Å². The van der Waals surface area contributed by atoms with Crippen LogP contribution in [0.25, 0.3) is 0 Å². The second-order valence-electron chi connectivity index (χ2n) is 4.75. The molecule has 0 fully saturated rings. The molecule has 0 radical (unpaired) electrons. The summed E-state index contributed by atoms with van der Waals surface area (Å²) in [6.45, 7) is 4.24. The van der Waals surface area contributed by atoms with E-state index in [1.165, 1.54) is 0 Å². The number of anilines is 1. The molecule has 1 amide bonds. The monoisotopic (exact) mass is 383 g/mol. The molecule has 1 N–H and O–H groups in total. The molecule has 134 valence electrons. The summed E-state index contributed by atoms with van der Waals surface area (Å²) in [5.41, 5.74) is 0.452. The van der Waals surface area contributed by atoms with Crippen molar-refractivity contribution in [2.45, 2.75) is 13.8 Å². The average molecular weight is 384 g/mol. The Hall–Kier alpha value is -2.25. The Morgan fingerprint density at radius 3 is 2.52 bits per heavy atom. The zero-order chi connectivity index (χ0) is 18.2. The number of nitrogens with one attached hydrogen (secondary N) is 1. The molecule has 1 aromatic heterocycles. The smallest absolute Gasteiger partial charge is 0.348 e. The van der Waals surface area contributed by atoms with Gasteiger partial charge in [-0.05, 0) is 38.1 Å². The minimum Gasteiger partial charge on any atom is -0.494 e. The Labute approximate surface area is 154 Å². The van der Waals surface area contributed by atoms with Crippen LogP contribution in [0.2, 0.25) is 4.34 Å². The van der Waals surface area contributed by atoms with Gasteiger partial charge >= 0.3 is 5.97 Å². The number of amides is 1. The van der Waals surface area contributed by atoms with Crippen molar-refractivity contribution in [2.24, 2.45) is 0 Å². The molecule has 0 atom stereocenters. The van der Waals surface area contributed by atoms with E-state index in [9.17, 15) is 9.59 Å². The summed E-state index contributed by atoms with van der Waals surface area (Å²) in [7, 11) is 0. The average Bonchev–Trinajstić information content (AvgIpc) is 3.02. The molecule has 1 aromatic carbocycles. The lowest BCUT2D eigenvalue weighted by Crippen LogP contribution is -2.21. The standard InChI is InChI=1S/C17H18ClNO5S/c1-3-22-11-5-6-13(23-4-2)12(9-11)19-16(20)10-24-17(21)14-7-8-15(18)25-14/h5-9H,3-4,10H2,1-2H3,(H,19,20). The van der Waals surface area contributed by atoms with E-state index in [2.05, 4.69) is 5.32 Å². The number of hydrogen-bond donors (Lipinski definition) is 1. The van der Waals surface area contributed by atoms with Crippen LogP contribution in [0.15, 0.2) is 30.3 Å². The topological polar surface area (TPSA) is 73.9 Å². The van der Waals surface area contributed by atoms with Crippen LogP contribution in [0.1, 0.15) is 23.5 Å². The van der Waals surface area contributed by atoms with Crippen LogP contribution < -0.4 is 14.8 Å². The lowest BCUT2D eigenvalue weighted by molar-refractivity contribution is -0.119. The number of carbonyl (C=O) groups is 2. The molecule has 2 rings (SSSR count). The third kappa shape index (κ3) is 5.65. The highest BCUT2D eigenvalue weighted by Crippen LogP contribution is 2.29. The van der Waals surface area contributed by atoms with Crippen molar-refractivity contribution in [3.8, 4) is 11.5 Å². The van der Waals surface area contributed by atoms with E-state index >= 15 is 0 Å². The second-order valence-corrected chi connectivity index (χ2v) is 6.47. The first-order valence-corrected chi connectivity index (χ1v) is 8.84. The Kier molecular flexibility index (Phi) is 7.09. The highest BCUT2D eigenvalue weighted by Gasteiger charge is 2.14. The van der Waals surface area contributed by atoms with Gasteiger partial charge in [0.1, 0.15) is 16.4 Å². The molecule has 2 aromatic rings. The first-order valence-electron chi connectivity index (χ1n) is 7.65. The summed E-state index contributed by atoms with van der Waals surface area (Å²) in [4.78, 5) is 24.2. The fraction of sp³-hybridized carbons (Fsp3) is 0.294. The first-order chi connectivity index (χ1) is 12.0. The van der Waals surface area contributed by atoms with Crippen LogP contribution in [0, 0.1) is 0 Å². The number of benzene rings is 1. The fourth-order valence-corrected chi connectivity index (χ4v) is 2.89. The SMILES string of the molecule is CCOc1ccc(OCC)c(NC(=O)COC(=O)c2ccc(Cl)s2)c1. The fourth-order valence-electron chi connectivity index (χ4n) is 1.96. The van der Waals surface area contributed by atoms with Gasteiger partial charge in [0.25, 0.3) is 5.91 Å². The van der Waals surface area contributed by atoms with Gasteiger partial charge < -0.3 is 19.5 Å². The third-order valence-corrected chi connectivity index (χ3v) is 4.16. The summed E-state index contributed by atoms with van der Waals surface area (Å²) < 4.78 is 16.4. The number of esters is 1. The second kappa shape index (κ2) is 9.29. The molecule has 0 saturated heterocycles. The maximum atomic E-state index is 12.1. The number of hydrogen-bond acceptors (Lipinski definition) is 6. The van der Waals surface area contributed by atoms with Gasteiger partial charge in [-0.3, -0.25) is 4.79 Å². The van der Waals surface area contributed by atoms with Crippen LogP contribution in [-0.2, 0) is 9.53 Å². The Morgan fingerprint density at radius 1 is 1.12 bits per heavy atom. The molecule has 1 heterocycles. The molecular formula is C17H18ClNO5S. The molecule has 25 heavy (non-hydrogen) atoms. The van der Waals surface area contributed by atoms with Crippen molar-refractivity contribution < 1.29 is 23.8 Å². The molecule has 0 saturated carbocycles. The lowest BCUT2D eigenvalue weighted by Gasteiger charge is -2.13. The normalized spacial score (nSPS) is 10.2. The van der Waals surface area contributed by atoms with Gasteiger partial charge in [0.15, 0.2) is 6.61 Å². The highest BCUT2D eigenvalue weighted by atomic mass is 35.5. The van der Waals surface area contributed by atoms with Crippen LogP contribution in [0.4, 0.5) is 5.69 Å². The number of carbonyl (C=O) groups excluding carboxylic acids is 2. The summed E-state index contributed by atoms with van der Waals surface area (Å²) >= 11 is 6.86. The highest BCUT2D eigenvalue weighted by molar-refractivity contribution is 7.17. The van der Waals surface area contributed by atoms with Gasteiger partial charge in [0.05, 0.1) is 23.2 Å². The number of halogens is 1. The molecular weight excluding hydrogens is 366 g/mol. The first kappa shape index (κ1) is 19.1. The minimum atomic E-state index is -0.597. The minimum absolute atomic E-state index is 0.339. The van der Waals surface area contributed by atoms with Gasteiger partial charge in [-0.25, -0.2) is 4.79 Å². The van der Waals surface area contributed by atoms with Crippen molar-refractivity contribution in [1.29, 1.82) is 0 Å². The van der Waals surface area contributed by atoms with Crippen molar-refractivity contribution in [3.05, 3.63) is 39.5 Å². The Balaban J connectivity index is 1.98. The quantitative estimate of drug-likeness (QED) is 0.697. The van der Waals surface area contributed by atoms with E-state index in [-0.39, 0.29) is 0 Å². The van der Waals surface area contributed by atoms with Gasteiger partial charge in [-0.15, -0.1) is 11.3 Å². The Bertz CT molecular complexity index is 746. The van der Waals surface area contributed by atoms with Crippen molar-refractivity contribution in [1.82, 2.24) is 0 Å². The third-order valence-electron chi connectivity index (χ3n) is 2.94. The van der Waals surface area contributed by atoms with Gasteiger partial charge in [-0.1, -0.05) is 11.6 Å². The molecule has 0 bridgehead atoms. The number of rotatable bonds is 8. The largest absolute Gasteiger partial charge is 0.494 e. The van der Waals surface area contributed by atoms with Crippen molar-refractivity contribution in [3.63, 3.8) is 0 Å². The molecule has 0 aliphatic carbocycles. The van der Waals surface area contributed by atoms with E-state index in [1.54, 1.807) is 30.3 Å². The van der Waals surface area contributed by atoms with E-state index < -0.39 is 18.5 Å². The molecule has 0 spiro atoms. The Morgan fingerprint density at radius 2 is 1.88 bits per heavy atom. The molecule has 6 nitrogen and oxygen atoms in total. The maximum absolute atomic E-state index is 12.1. The molecule has 0 unspecified atom stereocenters. The van der Waals surface area contributed by atoms with Crippen LogP contribution >= 0.6 is 22.9 Å². The summed E-state index contributed by atoms with van der Waals surface area (Å²) in [5.74, 6) is 0.0351. The van der Waals surface area contributed by atoms with E-state index in [1.807, 2.05) is 13.8 Å².